The average Bonchev–Trinajstić information content (AvgIpc) is 2.96. The van der Waals surface area contributed by atoms with Gasteiger partial charge in [0.05, 0.1) is 24.8 Å². The highest BCUT2D eigenvalue weighted by Gasteiger charge is 2.25. The Balaban J connectivity index is 1.83. The summed E-state index contributed by atoms with van der Waals surface area (Å²) in [6, 6.07) is -0.109. The topological polar surface area (TPSA) is 88.8 Å². The van der Waals surface area contributed by atoms with Crippen molar-refractivity contribution in [2.75, 3.05) is 32.8 Å². The molecular weight excluding hydrogens is 304 g/mol. The van der Waals surface area contributed by atoms with Crippen molar-refractivity contribution >= 4 is 23.3 Å². The quantitative estimate of drug-likeness (QED) is 0.892. The van der Waals surface area contributed by atoms with E-state index in [0.29, 0.717) is 32.8 Å². The summed E-state index contributed by atoms with van der Waals surface area (Å²) in [5.74, 6) is 0.0324. The second kappa shape index (κ2) is 7.55. The number of carbonyl (C=O) groups is 2. The molecule has 7 nitrogen and oxygen atoms in total. The number of hydrogen-bond donors (Lipinski definition) is 1. The fourth-order valence-electron chi connectivity index (χ4n) is 2.23. The summed E-state index contributed by atoms with van der Waals surface area (Å²) >= 11 is 1.48. The lowest BCUT2D eigenvalue weighted by Crippen LogP contribution is -2.51. The fourth-order valence-corrected chi connectivity index (χ4v) is 3.01. The lowest BCUT2D eigenvalue weighted by molar-refractivity contribution is -0.132. The van der Waals surface area contributed by atoms with E-state index in [1.807, 2.05) is 12.3 Å². The number of rotatable bonds is 4. The third-order valence-corrected chi connectivity index (χ3v) is 4.54. The van der Waals surface area contributed by atoms with Crippen LogP contribution in [0.2, 0.25) is 0 Å². The lowest BCUT2D eigenvalue weighted by atomic mass is 10.2. The molecule has 1 aliphatic rings. The van der Waals surface area contributed by atoms with Gasteiger partial charge < -0.3 is 20.3 Å². The minimum Gasteiger partial charge on any atom is -0.450 e. The summed E-state index contributed by atoms with van der Waals surface area (Å²) in [6.45, 7) is 6.09. The molecule has 1 unspecified atom stereocenters. The van der Waals surface area contributed by atoms with Gasteiger partial charge in [-0.3, -0.25) is 4.79 Å². The Morgan fingerprint density at radius 1 is 1.36 bits per heavy atom. The normalized spacial score (nSPS) is 16.5. The monoisotopic (exact) mass is 326 g/mol. The first-order chi connectivity index (χ1) is 10.5. The molecule has 0 spiro atoms. The molecule has 2 amide bonds. The molecular formula is C14H22N4O3S. The Morgan fingerprint density at radius 2 is 2.00 bits per heavy atom. The first-order valence-corrected chi connectivity index (χ1v) is 8.28. The van der Waals surface area contributed by atoms with Crippen molar-refractivity contribution in [1.82, 2.24) is 14.8 Å². The van der Waals surface area contributed by atoms with Crippen LogP contribution in [0.3, 0.4) is 0 Å². The minimum atomic E-state index is -0.310. The second-order valence-electron chi connectivity index (χ2n) is 5.21. The molecule has 2 heterocycles. The van der Waals surface area contributed by atoms with Crippen LogP contribution in [0.1, 0.15) is 30.6 Å². The lowest BCUT2D eigenvalue weighted by Gasteiger charge is -2.34. The highest BCUT2D eigenvalue weighted by molar-refractivity contribution is 7.09. The van der Waals surface area contributed by atoms with E-state index in [9.17, 15) is 9.59 Å². The number of amides is 2. The number of carbonyl (C=O) groups excluding carboxylic acids is 2. The first kappa shape index (κ1) is 16.7. The summed E-state index contributed by atoms with van der Waals surface area (Å²) in [4.78, 5) is 31.7. The molecule has 0 aromatic carbocycles. The van der Waals surface area contributed by atoms with Crippen molar-refractivity contribution in [3.05, 3.63) is 16.1 Å². The van der Waals surface area contributed by atoms with Crippen LogP contribution in [0.5, 0.6) is 0 Å². The van der Waals surface area contributed by atoms with Gasteiger partial charge in [-0.05, 0) is 13.8 Å². The molecule has 1 aromatic rings. The molecule has 22 heavy (non-hydrogen) atoms. The minimum absolute atomic E-state index is 0.0324. The standard InChI is InChI=1S/C14H22N4O3S/c1-3-21-14(20)18-6-4-17(5-7-18)12(19)8-11-9-22-13(16-11)10(2)15/h9-10H,3-8,15H2,1-2H3. The Hall–Kier alpha value is -1.67. The van der Waals surface area contributed by atoms with Gasteiger partial charge >= 0.3 is 6.09 Å². The molecule has 1 aromatic heterocycles. The summed E-state index contributed by atoms with van der Waals surface area (Å²) in [5.41, 5.74) is 6.53. The van der Waals surface area contributed by atoms with Crippen LogP contribution in [0.15, 0.2) is 5.38 Å². The summed E-state index contributed by atoms with van der Waals surface area (Å²) in [7, 11) is 0. The molecule has 1 aliphatic heterocycles. The van der Waals surface area contributed by atoms with Gasteiger partial charge in [-0.2, -0.15) is 0 Å². The molecule has 8 heteroatoms. The molecule has 2 N–H and O–H groups in total. The van der Waals surface area contributed by atoms with E-state index < -0.39 is 0 Å². The summed E-state index contributed by atoms with van der Waals surface area (Å²) in [5, 5.41) is 2.72. The zero-order valence-electron chi connectivity index (χ0n) is 12.9. The molecule has 1 atom stereocenters. The molecule has 1 saturated heterocycles. The molecule has 0 bridgehead atoms. The number of aromatic nitrogens is 1. The van der Waals surface area contributed by atoms with Gasteiger partial charge in [0, 0.05) is 31.6 Å². The van der Waals surface area contributed by atoms with E-state index in [2.05, 4.69) is 4.98 Å². The molecule has 1 fully saturated rings. The Bertz CT molecular complexity index is 524. The van der Waals surface area contributed by atoms with Gasteiger partial charge in [-0.15, -0.1) is 11.3 Å². The van der Waals surface area contributed by atoms with Crippen molar-refractivity contribution in [2.45, 2.75) is 26.3 Å². The number of thiazole rings is 1. The van der Waals surface area contributed by atoms with E-state index in [-0.39, 0.29) is 24.5 Å². The van der Waals surface area contributed by atoms with Crippen LogP contribution in [0.4, 0.5) is 4.79 Å². The van der Waals surface area contributed by atoms with Crippen LogP contribution >= 0.6 is 11.3 Å². The number of piperazine rings is 1. The molecule has 0 aliphatic carbocycles. The number of nitrogens with zero attached hydrogens (tertiary/aromatic N) is 3. The van der Waals surface area contributed by atoms with E-state index in [1.54, 1.807) is 16.7 Å². The third-order valence-electron chi connectivity index (χ3n) is 3.45. The maximum atomic E-state index is 12.3. The Morgan fingerprint density at radius 3 is 2.55 bits per heavy atom. The van der Waals surface area contributed by atoms with Gasteiger partial charge in [-0.1, -0.05) is 0 Å². The molecule has 0 radical (unpaired) electrons. The predicted molar refractivity (Wildman–Crippen MR) is 83.6 cm³/mol. The van der Waals surface area contributed by atoms with Crippen molar-refractivity contribution < 1.29 is 14.3 Å². The first-order valence-electron chi connectivity index (χ1n) is 7.40. The fraction of sp³-hybridized carbons (Fsp3) is 0.643. The average molecular weight is 326 g/mol. The van der Waals surface area contributed by atoms with Crippen molar-refractivity contribution in [1.29, 1.82) is 0 Å². The zero-order chi connectivity index (χ0) is 16.1. The van der Waals surface area contributed by atoms with Crippen molar-refractivity contribution in [3.8, 4) is 0 Å². The van der Waals surface area contributed by atoms with Crippen molar-refractivity contribution in [2.24, 2.45) is 5.73 Å². The van der Waals surface area contributed by atoms with E-state index in [0.717, 1.165) is 10.7 Å². The predicted octanol–water partition coefficient (Wildman–Crippen LogP) is 1.01. The zero-order valence-corrected chi connectivity index (χ0v) is 13.8. The smallest absolute Gasteiger partial charge is 0.409 e. The Labute approximate surface area is 134 Å². The second-order valence-corrected chi connectivity index (χ2v) is 6.10. The van der Waals surface area contributed by atoms with Crippen LogP contribution in [-0.4, -0.2) is 59.6 Å². The maximum Gasteiger partial charge on any atom is 0.409 e. The molecule has 0 saturated carbocycles. The van der Waals surface area contributed by atoms with E-state index in [4.69, 9.17) is 10.5 Å². The SMILES string of the molecule is CCOC(=O)N1CCN(C(=O)Cc2csc(C(C)N)n2)CC1. The van der Waals surface area contributed by atoms with Crippen LogP contribution in [0, 0.1) is 0 Å². The van der Waals surface area contributed by atoms with Crippen molar-refractivity contribution in [3.63, 3.8) is 0 Å². The molecule has 122 valence electrons. The third kappa shape index (κ3) is 4.17. The van der Waals surface area contributed by atoms with Gasteiger partial charge in [-0.25, -0.2) is 9.78 Å². The Kier molecular flexibility index (Phi) is 5.73. The van der Waals surface area contributed by atoms with Gasteiger partial charge in [0.15, 0.2) is 0 Å². The van der Waals surface area contributed by atoms with Gasteiger partial charge in [0.2, 0.25) is 5.91 Å². The summed E-state index contributed by atoms with van der Waals surface area (Å²) < 4.78 is 4.96. The van der Waals surface area contributed by atoms with E-state index >= 15 is 0 Å². The highest BCUT2D eigenvalue weighted by atomic mass is 32.1. The van der Waals surface area contributed by atoms with Gasteiger partial charge in [0.1, 0.15) is 5.01 Å². The highest BCUT2D eigenvalue weighted by Crippen LogP contribution is 2.17. The summed E-state index contributed by atoms with van der Waals surface area (Å²) in [6.07, 6.45) is -0.0292. The number of ether oxygens (including phenoxy) is 1. The van der Waals surface area contributed by atoms with E-state index in [1.165, 1.54) is 11.3 Å². The number of nitrogens with two attached hydrogens (primary N) is 1. The largest absolute Gasteiger partial charge is 0.450 e. The molecule has 2 rings (SSSR count). The van der Waals surface area contributed by atoms with Crippen LogP contribution in [-0.2, 0) is 16.0 Å². The maximum absolute atomic E-state index is 12.3. The van der Waals surface area contributed by atoms with Crippen LogP contribution < -0.4 is 5.73 Å². The van der Waals surface area contributed by atoms with Crippen LogP contribution in [0.25, 0.3) is 0 Å². The number of hydrogen-bond acceptors (Lipinski definition) is 6. The van der Waals surface area contributed by atoms with Gasteiger partial charge in [0.25, 0.3) is 0 Å².